The molecular weight excluding hydrogens is 290 g/mol. The van der Waals surface area contributed by atoms with Gasteiger partial charge >= 0.3 is 0 Å². The molecule has 0 amide bonds. The Morgan fingerprint density at radius 3 is 1.90 bits per heavy atom. The van der Waals surface area contributed by atoms with Crippen LogP contribution in [0.1, 0.15) is 31.8 Å². The first-order valence-corrected chi connectivity index (χ1v) is 7.70. The summed E-state index contributed by atoms with van der Waals surface area (Å²) in [5.74, 6) is -0.609. The van der Waals surface area contributed by atoms with Crippen molar-refractivity contribution in [1.82, 2.24) is 4.72 Å². The molecule has 106 valence electrons. The second-order valence-electron chi connectivity index (χ2n) is 4.62. The molecule has 6 heteroatoms. The van der Waals surface area contributed by atoms with E-state index in [4.69, 9.17) is 0 Å². The van der Waals surface area contributed by atoms with E-state index in [1.165, 1.54) is 25.2 Å². The summed E-state index contributed by atoms with van der Waals surface area (Å²) < 4.78 is 25.8. The molecule has 0 spiro atoms. The average molecular weight is 301 g/mol. The molecule has 0 bridgehead atoms. The maximum absolute atomic E-state index is 12.5. The highest BCUT2D eigenvalue weighted by atomic mass is 32.2. The second-order valence-corrected chi connectivity index (χ2v) is 6.51. The topological polar surface area (TPSA) is 80.3 Å². The maximum Gasteiger partial charge on any atom is 0.240 e. The molecule has 1 aliphatic carbocycles. The zero-order valence-corrected chi connectivity index (χ0v) is 11.9. The van der Waals surface area contributed by atoms with Gasteiger partial charge in [0.1, 0.15) is 0 Å². The van der Waals surface area contributed by atoms with E-state index in [0.717, 1.165) is 0 Å². The summed E-state index contributed by atoms with van der Waals surface area (Å²) in [7, 11) is -2.37. The minimum Gasteiger partial charge on any atom is -0.289 e. The lowest BCUT2D eigenvalue weighted by atomic mass is 9.84. The minimum absolute atomic E-state index is 0.0377. The zero-order chi connectivity index (χ0) is 15.2. The van der Waals surface area contributed by atoms with E-state index in [1.807, 2.05) is 0 Å². The van der Waals surface area contributed by atoms with Crippen LogP contribution in [-0.2, 0) is 10.0 Å². The monoisotopic (exact) mass is 301 g/mol. The molecule has 0 saturated heterocycles. The Morgan fingerprint density at radius 1 is 0.810 bits per heavy atom. The SMILES string of the molecule is CNS(=O)(=O)c1ccc2c(c1)C(=O)c1ccccc1C2=O. The van der Waals surface area contributed by atoms with Crippen LogP contribution in [0.3, 0.4) is 0 Å². The number of carbonyl (C=O) groups is 2. The predicted molar refractivity (Wildman–Crippen MR) is 76.0 cm³/mol. The number of nitrogens with one attached hydrogen (secondary N) is 1. The first-order chi connectivity index (χ1) is 9.95. The zero-order valence-electron chi connectivity index (χ0n) is 11.1. The van der Waals surface area contributed by atoms with Crippen molar-refractivity contribution in [2.75, 3.05) is 7.05 Å². The fraction of sp³-hybridized carbons (Fsp3) is 0.0667. The number of ketones is 2. The van der Waals surface area contributed by atoms with Gasteiger partial charge in [-0.1, -0.05) is 24.3 Å². The van der Waals surface area contributed by atoms with Gasteiger partial charge in [0.15, 0.2) is 11.6 Å². The van der Waals surface area contributed by atoms with Gasteiger partial charge in [0.05, 0.1) is 4.90 Å². The molecule has 0 fully saturated rings. The van der Waals surface area contributed by atoms with Gasteiger partial charge in [-0.05, 0) is 25.2 Å². The summed E-state index contributed by atoms with van der Waals surface area (Å²) in [5, 5.41) is 0. The number of carbonyl (C=O) groups excluding carboxylic acids is 2. The van der Waals surface area contributed by atoms with Gasteiger partial charge in [-0.3, -0.25) is 9.59 Å². The van der Waals surface area contributed by atoms with Crippen LogP contribution in [0.2, 0.25) is 0 Å². The Kier molecular flexibility index (Phi) is 3.00. The van der Waals surface area contributed by atoms with Crippen molar-refractivity contribution in [3.63, 3.8) is 0 Å². The molecule has 0 radical (unpaired) electrons. The van der Waals surface area contributed by atoms with Crippen molar-refractivity contribution < 1.29 is 18.0 Å². The quantitative estimate of drug-likeness (QED) is 0.775. The first kappa shape index (κ1) is 13.7. The summed E-state index contributed by atoms with van der Waals surface area (Å²) >= 11 is 0. The van der Waals surface area contributed by atoms with Gasteiger partial charge in [0.2, 0.25) is 10.0 Å². The lowest BCUT2D eigenvalue weighted by Crippen LogP contribution is -2.23. The first-order valence-electron chi connectivity index (χ1n) is 6.22. The molecule has 2 aromatic rings. The van der Waals surface area contributed by atoms with E-state index in [0.29, 0.717) is 11.1 Å². The maximum atomic E-state index is 12.5. The van der Waals surface area contributed by atoms with Crippen molar-refractivity contribution in [1.29, 1.82) is 0 Å². The number of benzene rings is 2. The molecule has 2 aromatic carbocycles. The van der Waals surface area contributed by atoms with Crippen LogP contribution < -0.4 is 4.72 Å². The van der Waals surface area contributed by atoms with E-state index in [9.17, 15) is 18.0 Å². The highest BCUT2D eigenvalue weighted by Gasteiger charge is 2.30. The fourth-order valence-corrected chi connectivity index (χ4v) is 3.12. The lowest BCUT2D eigenvalue weighted by Gasteiger charge is -2.17. The molecule has 21 heavy (non-hydrogen) atoms. The van der Waals surface area contributed by atoms with Crippen LogP contribution in [0.25, 0.3) is 0 Å². The Labute approximate surface area is 121 Å². The van der Waals surface area contributed by atoms with E-state index >= 15 is 0 Å². The largest absolute Gasteiger partial charge is 0.289 e. The van der Waals surface area contributed by atoms with Gasteiger partial charge in [0.25, 0.3) is 0 Å². The number of hydrogen-bond acceptors (Lipinski definition) is 4. The van der Waals surface area contributed by atoms with Crippen LogP contribution in [-0.4, -0.2) is 27.0 Å². The van der Waals surface area contributed by atoms with Crippen molar-refractivity contribution >= 4 is 21.6 Å². The third kappa shape index (κ3) is 2.00. The van der Waals surface area contributed by atoms with Crippen LogP contribution in [0.4, 0.5) is 0 Å². The number of rotatable bonds is 2. The third-order valence-corrected chi connectivity index (χ3v) is 4.89. The van der Waals surface area contributed by atoms with Crippen molar-refractivity contribution in [2.24, 2.45) is 0 Å². The van der Waals surface area contributed by atoms with Crippen LogP contribution in [0, 0.1) is 0 Å². The van der Waals surface area contributed by atoms with Crippen LogP contribution in [0.5, 0.6) is 0 Å². The van der Waals surface area contributed by atoms with E-state index < -0.39 is 10.0 Å². The smallest absolute Gasteiger partial charge is 0.240 e. The molecule has 3 rings (SSSR count). The number of fused-ring (bicyclic) bond motifs is 2. The van der Waals surface area contributed by atoms with E-state index in [2.05, 4.69) is 4.72 Å². The summed E-state index contributed by atoms with van der Waals surface area (Å²) in [5.41, 5.74) is 0.997. The standard InChI is InChI=1S/C15H11NO4S/c1-16-21(19,20)9-6-7-12-13(8-9)15(18)11-5-3-2-4-10(11)14(12)17/h2-8,16H,1H3. The van der Waals surface area contributed by atoms with E-state index in [-0.39, 0.29) is 27.6 Å². The van der Waals surface area contributed by atoms with Gasteiger partial charge in [-0.15, -0.1) is 0 Å². The summed E-state index contributed by atoms with van der Waals surface area (Å²) in [4.78, 5) is 24.8. The molecular formula is C15H11NO4S. The Hall–Kier alpha value is -2.31. The molecule has 0 atom stereocenters. The minimum atomic E-state index is -3.66. The number of hydrogen-bond donors (Lipinski definition) is 1. The van der Waals surface area contributed by atoms with Gasteiger partial charge < -0.3 is 0 Å². The Morgan fingerprint density at radius 2 is 1.33 bits per heavy atom. The predicted octanol–water partition coefficient (Wildman–Crippen LogP) is 1.37. The molecule has 0 aliphatic heterocycles. The van der Waals surface area contributed by atoms with Crippen molar-refractivity contribution in [3.8, 4) is 0 Å². The summed E-state index contributed by atoms with van der Waals surface area (Å²) in [6.07, 6.45) is 0. The molecule has 0 aromatic heterocycles. The molecule has 0 saturated carbocycles. The fourth-order valence-electron chi connectivity index (χ4n) is 2.36. The van der Waals surface area contributed by atoms with Crippen molar-refractivity contribution in [2.45, 2.75) is 4.90 Å². The molecule has 5 nitrogen and oxygen atoms in total. The molecule has 0 unspecified atom stereocenters. The average Bonchev–Trinajstić information content (AvgIpc) is 2.52. The van der Waals surface area contributed by atoms with Gasteiger partial charge in [-0.25, -0.2) is 13.1 Å². The lowest BCUT2D eigenvalue weighted by molar-refractivity contribution is 0.0979. The van der Waals surface area contributed by atoms with Crippen molar-refractivity contribution in [3.05, 3.63) is 64.7 Å². The molecule has 1 aliphatic rings. The Bertz CT molecular complexity index is 884. The highest BCUT2D eigenvalue weighted by molar-refractivity contribution is 7.89. The molecule has 0 heterocycles. The Balaban J connectivity index is 2.25. The second kappa shape index (κ2) is 4.61. The molecule has 1 N–H and O–H groups in total. The summed E-state index contributed by atoms with van der Waals surface area (Å²) in [6.45, 7) is 0. The summed E-state index contributed by atoms with van der Waals surface area (Å²) in [6, 6.07) is 10.5. The third-order valence-electron chi connectivity index (χ3n) is 3.48. The van der Waals surface area contributed by atoms with Crippen LogP contribution >= 0.6 is 0 Å². The van der Waals surface area contributed by atoms with Crippen LogP contribution in [0.15, 0.2) is 47.4 Å². The van der Waals surface area contributed by atoms with E-state index in [1.54, 1.807) is 24.3 Å². The van der Waals surface area contributed by atoms with Gasteiger partial charge in [0, 0.05) is 22.3 Å². The highest BCUT2D eigenvalue weighted by Crippen LogP contribution is 2.28. The number of sulfonamides is 1. The normalized spacial score (nSPS) is 13.8. The van der Waals surface area contributed by atoms with Gasteiger partial charge in [-0.2, -0.15) is 0 Å².